The van der Waals surface area contributed by atoms with Gasteiger partial charge in [0.1, 0.15) is 11.2 Å². The third-order valence-electron chi connectivity index (χ3n) is 2.46. The molecule has 0 N–H and O–H groups in total. The summed E-state index contributed by atoms with van der Waals surface area (Å²) in [5.41, 5.74) is -0.231. The van der Waals surface area contributed by atoms with Crippen molar-refractivity contribution in [1.29, 1.82) is 0 Å². The van der Waals surface area contributed by atoms with E-state index in [1.165, 1.54) is 0 Å². The first kappa shape index (κ1) is 20.5. The van der Waals surface area contributed by atoms with E-state index >= 15 is 0 Å². The number of carbonyl (C=O) groups is 2. The largest absolute Gasteiger partial charge is 0.443 e. The van der Waals surface area contributed by atoms with Crippen LogP contribution in [0.3, 0.4) is 0 Å². The lowest BCUT2D eigenvalue weighted by molar-refractivity contribution is 0.00122. The van der Waals surface area contributed by atoms with Crippen molar-refractivity contribution in [3.05, 3.63) is 12.2 Å². The van der Waals surface area contributed by atoms with Crippen LogP contribution < -0.4 is 0 Å². The van der Waals surface area contributed by atoms with Crippen molar-refractivity contribution in [2.45, 2.75) is 78.9 Å². The van der Waals surface area contributed by atoms with Crippen molar-refractivity contribution >= 4 is 12.2 Å². The van der Waals surface area contributed by atoms with Crippen molar-refractivity contribution in [2.24, 2.45) is 0 Å². The van der Waals surface area contributed by atoms with Gasteiger partial charge < -0.3 is 9.47 Å². The quantitative estimate of drug-likeness (QED) is 0.535. The van der Waals surface area contributed by atoms with Gasteiger partial charge in [-0.3, -0.25) is 0 Å². The van der Waals surface area contributed by atoms with Gasteiger partial charge in [0.05, 0.1) is 0 Å². The average Bonchev–Trinajstić information content (AvgIpc) is 2.22. The fourth-order valence-corrected chi connectivity index (χ4v) is 1.59. The molecule has 0 unspecified atom stereocenters. The van der Waals surface area contributed by atoms with Crippen molar-refractivity contribution in [2.75, 3.05) is 6.54 Å². The second kappa shape index (κ2) is 8.20. The molecule has 0 fully saturated rings. The molecular weight excluding hydrogens is 282 g/mol. The maximum absolute atomic E-state index is 12.2. The van der Waals surface area contributed by atoms with E-state index in [1.807, 2.05) is 6.92 Å². The number of hydrogen-bond donors (Lipinski definition) is 0. The molecule has 0 aromatic carbocycles. The molecule has 5 heteroatoms. The Bertz CT molecular complexity index is 374. The molecule has 0 saturated heterocycles. The van der Waals surface area contributed by atoms with Crippen LogP contribution in [0.2, 0.25) is 0 Å². The molecule has 0 aromatic heterocycles. The smallest absolute Gasteiger partial charge is 0.419 e. The molecule has 0 saturated carbocycles. The summed E-state index contributed by atoms with van der Waals surface area (Å²) in [5, 5.41) is 0. The highest BCUT2D eigenvalue weighted by molar-refractivity contribution is 5.88. The molecule has 0 heterocycles. The summed E-state index contributed by atoms with van der Waals surface area (Å²) < 4.78 is 10.6. The highest BCUT2D eigenvalue weighted by Gasteiger charge is 2.30. The normalized spacial score (nSPS) is 11.8. The minimum atomic E-state index is -0.669. The molecule has 0 atom stereocenters. The van der Waals surface area contributed by atoms with E-state index in [0.29, 0.717) is 6.42 Å². The Labute approximate surface area is 134 Å². The molecule has 0 aliphatic rings. The number of carbonyl (C=O) groups excluding carboxylic acids is 2. The zero-order chi connectivity index (χ0) is 17.6. The van der Waals surface area contributed by atoms with Gasteiger partial charge in [-0.15, -0.1) is 6.58 Å². The molecule has 5 nitrogen and oxygen atoms in total. The lowest BCUT2D eigenvalue weighted by atomic mass is 10.1. The first-order valence-electron chi connectivity index (χ1n) is 7.70. The number of amides is 2. The predicted molar refractivity (Wildman–Crippen MR) is 87.8 cm³/mol. The lowest BCUT2D eigenvalue weighted by Gasteiger charge is -2.28. The fourth-order valence-electron chi connectivity index (χ4n) is 1.59. The van der Waals surface area contributed by atoms with Gasteiger partial charge in [-0.1, -0.05) is 5.57 Å². The summed E-state index contributed by atoms with van der Waals surface area (Å²) in [6, 6.07) is 0. The maximum Gasteiger partial charge on any atom is 0.419 e. The third-order valence-corrected chi connectivity index (χ3v) is 2.46. The number of allylic oxidation sites excluding steroid dienone is 1. The van der Waals surface area contributed by atoms with Gasteiger partial charge in [0.25, 0.3) is 0 Å². The topological polar surface area (TPSA) is 55.8 Å². The van der Waals surface area contributed by atoms with Crippen LogP contribution in [-0.4, -0.2) is 34.8 Å². The number of hydrogen-bond acceptors (Lipinski definition) is 4. The Morgan fingerprint density at radius 2 is 1.32 bits per heavy atom. The molecule has 2 amide bonds. The van der Waals surface area contributed by atoms with Crippen LogP contribution >= 0.6 is 0 Å². The molecule has 0 aliphatic heterocycles. The molecule has 0 spiro atoms. The first-order valence-corrected chi connectivity index (χ1v) is 7.70. The lowest BCUT2D eigenvalue weighted by Crippen LogP contribution is -2.44. The van der Waals surface area contributed by atoms with Gasteiger partial charge >= 0.3 is 12.2 Å². The number of rotatable bonds is 5. The second-order valence-corrected chi connectivity index (χ2v) is 7.53. The minimum Gasteiger partial charge on any atom is -0.443 e. The number of ether oxygens (including phenoxy) is 2. The van der Waals surface area contributed by atoms with Gasteiger partial charge in [0.15, 0.2) is 0 Å². The van der Waals surface area contributed by atoms with Gasteiger partial charge in [-0.25, -0.2) is 14.5 Å². The van der Waals surface area contributed by atoms with Gasteiger partial charge in [-0.2, -0.15) is 0 Å². The van der Waals surface area contributed by atoms with Crippen LogP contribution in [0.1, 0.15) is 67.7 Å². The standard InChI is InChI=1S/C17H31NO4/c1-13(2)11-9-10-12-18(14(19)21-16(3,4)5)15(20)22-17(6,7)8/h1,9-12H2,2-8H3. The molecule has 0 bridgehead atoms. The SMILES string of the molecule is C=C(C)CCCCN(C(=O)OC(C)(C)C)C(=O)OC(C)(C)C. The second-order valence-electron chi connectivity index (χ2n) is 7.53. The van der Waals surface area contributed by atoms with Crippen molar-refractivity contribution < 1.29 is 19.1 Å². The summed E-state index contributed by atoms with van der Waals surface area (Å²) in [7, 11) is 0. The van der Waals surface area contributed by atoms with Crippen LogP contribution in [0, 0.1) is 0 Å². The van der Waals surface area contributed by atoms with Crippen LogP contribution in [-0.2, 0) is 9.47 Å². The van der Waals surface area contributed by atoms with E-state index in [-0.39, 0.29) is 6.54 Å². The van der Waals surface area contributed by atoms with Crippen LogP contribution in [0.25, 0.3) is 0 Å². The number of unbranched alkanes of at least 4 members (excludes halogenated alkanes) is 1. The summed E-state index contributed by atoms with van der Waals surface area (Å²) in [5.74, 6) is 0. The summed E-state index contributed by atoms with van der Waals surface area (Å²) in [4.78, 5) is 25.4. The van der Waals surface area contributed by atoms with Crippen LogP contribution in [0.15, 0.2) is 12.2 Å². The van der Waals surface area contributed by atoms with Gasteiger partial charge in [-0.05, 0) is 67.7 Å². The first-order chi connectivity index (χ1) is 9.82. The molecule has 128 valence electrons. The van der Waals surface area contributed by atoms with Crippen LogP contribution in [0.5, 0.6) is 0 Å². The highest BCUT2D eigenvalue weighted by Crippen LogP contribution is 2.15. The maximum atomic E-state index is 12.2. The molecular formula is C17H31NO4. The predicted octanol–water partition coefficient (Wildman–Crippen LogP) is 4.91. The monoisotopic (exact) mass is 313 g/mol. The van der Waals surface area contributed by atoms with Gasteiger partial charge in [0.2, 0.25) is 0 Å². The molecule has 0 rings (SSSR count). The number of imide groups is 1. The number of nitrogens with zero attached hydrogens (tertiary/aromatic N) is 1. The van der Waals surface area contributed by atoms with E-state index in [4.69, 9.17) is 9.47 Å². The Morgan fingerprint density at radius 1 is 0.909 bits per heavy atom. The summed E-state index contributed by atoms with van der Waals surface area (Å²) >= 11 is 0. The van der Waals surface area contributed by atoms with Crippen molar-refractivity contribution in [3.63, 3.8) is 0 Å². The molecule has 0 aromatic rings. The zero-order valence-electron chi connectivity index (χ0n) is 15.1. The Balaban J connectivity index is 4.79. The van der Waals surface area contributed by atoms with Crippen molar-refractivity contribution in [1.82, 2.24) is 4.90 Å². The molecule has 22 heavy (non-hydrogen) atoms. The summed E-state index contributed by atoms with van der Waals surface area (Å²) in [6.45, 7) is 16.7. The minimum absolute atomic E-state index is 0.275. The molecule has 0 radical (unpaired) electrons. The zero-order valence-corrected chi connectivity index (χ0v) is 15.1. The average molecular weight is 313 g/mol. The van der Waals surface area contributed by atoms with Crippen LogP contribution in [0.4, 0.5) is 9.59 Å². The Morgan fingerprint density at radius 3 is 1.64 bits per heavy atom. The van der Waals surface area contributed by atoms with Gasteiger partial charge in [0, 0.05) is 6.54 Å². The van der Waals surface area contributed by atoms with E-state index < -0.39 is 23.4 Å². The van der Waals surface area contributed by atoms with Crippen molar-refractivity contribution in [3.8, 4) is 0 Å². The highest BCUT2D eigenvalue weighted by atomic mass is 16.6. The molecule has 0 aliphatic carbocycles. The summed E-state index contributed by atoms with van der Waals surface area (Å²) in [6.07, 6.45) is 1.08. The van der Waals surface area contributed by atoms with E-state index in [2.05, 4.69) is 6.58 Å². The van der Waals surface area contributed by atoms with E-state index in [9.17, 15) is 9.59 Å². The Hall–Kier alpha value is -1.52. The van der Waals surface area contributed by atoms with E-state index in [1.54, 1.807) is 41.5 Å². The third kappa shape index (κ3) is 10.2. The van der Waals surface area contributed by atoms with E-state index in [0.717, 1.165) is 23.3 Å². The Kier molecular flexibility index (Phi) is 7.64. The fraction of sp³-hybridized carbons (Fsp3) is 0.765.